The van der Waals surface area contributed by atoms with Crippen LogP contribution in [0.15, 0.2) is 12.1 Å². The Morgan fingerprint density at radius 1 is 1.28 bits per heavy atom. The number of hydrogen-bond acceptors (Lipinski definition) is 3. The Labute approximate surface area is 109 Å². The van der Waals surface area contributed by atoms with Crippen molar-refractivity contribution in [3.63, 3.8) is 0 Å². The molecule has 1 unspecified atom stereocenters. The van der Waals surface area contributed by atoms with Crippen LogP contribution in [-0.2, 0) is 0 Å². The molecule has 0 fully saturated rings. The lowest BCUT2D eigenvalue weighted by atomic mass is 9.96. The van der Waals surface area contributed by atoms with Crippen molar-refractivity contribution >= 4 is 5.78 Å². The number of aliphatic hydroxyl groups excluding tert-OH is 1. The van der Waals surface area contributed by atoms with Crippen molar-refractivity contribution < 1.29 is 9.90 Å². The highest BCUT2D eigenvalue weighted by molar-refractivity contribution is 6.00. The number of rotatable bonds is 5. The minimum Gasteiger partial charge on any atom is -0.392 e. The van der Waals surface area contributed by atoms with E-state index in [2.05, 4.69) is 0 Å². The third-order valence-corrected chi connectivity index (χ3v) is 2.95. The maximum absolute atomic E-state index is 12.3. The van der Waals surface area contributed by atoms with E-state index in [0.717, 1.165) is 16.7 Å². The summed E-state index contributed by atoms with van der Waals surface area (Å²) in [6.07, 6.45) is -0.414. The number of likely N-dealkylation sites (N-methyl/N-ethyl adjacent to an activating group) is 1. The number of aliphatic hydroxyl groups is 1. The van der Waals surface area contributed by atoms with Gasteiger partial charge in [0.15, 0.2) is 5.78 Å². The van der Waals surface area contributed by atoms with Crippen molar-refractivity contribution in [2.45, 2.75) is 33.8 Å². The van der Waals surface area contributed by atoms with Crippen LogP contribution in [0.4, 0.5) is 0 Å². The van der Waals surface area contributed by atoms with Crippen molar-refractivity contribution in [1.82, 2.24) is 4.90 Å². The predicted octanol–water partition coefficient (Wildman–Crippen LogP) is 2.11. The van der Waals surface area contributed by atoms with Crippen LogP contribution in [-0.4, -0.2) is 42.0 Å². The fraction of sp³-hybridized carbons (Fsp3) is 0.533. The summed E-state index contributed by atoms with van der Waals surface area (Å²) in [5, 5.41) is 9.30. The Morgan fingerprint density at radius 2 is 1.78 bits per heavy atom. The molecule has 0 aromatic heterocycles. The highest BCUT2D eigenvalue weighted by Crippen LogP contribution is 2.17. The molecule has 0 aliphatic carbocycles. The van der Waals surface area contributed by atoms with E-state index in [1.54, 1.807) is 6.92 Å². The topological polar surface area (TPSA) is 40.5 Å². The van der Waals surface area contributed by atoms with Crippen molar-refractivity contribution in [3.8, 4) is 0 Å². The zero-order valence-electron chi connectivity index (χ0n) is 11.9. The summed E-state index contributed by atoms with van der Waals surface area (Å²) in [6.45, 7) is 8.56. The molecule has 1 rings (SSSR count). The molecule has 1 aromatic rings. The van der Waals surface area contributed by atoms with E-state index in [9.17, 15) is 9.90 Å². The number of benzene rings is 1. The molecule has 0 saturated heterocycles. The number of ketones is 1. The first-order valence-corrected chi connectivity index (χ1v) is 6.29. The number of carbonyl (C=O) groups excluding carboxylic acids is 1. The van der Waals surface area contributed by atoms with Crippen LogP contribution >= 0.6 is 0 Å². The number of Topliss-reactive ketones (excluding diaryl/α,β-unsaturated/α-hetero) is 1. The van der Waals surface area contributed by atoms with E-state index in [-0.39, 0.29) is 5.78 Å². The number of nitrogens with zero attached hydrogens (tertiary/aromatic N) is 1. The van der Waals surface area contributed by atoms with Crippen LogP contribution in [0.25, 0.3) is 0 Å². The van der Waals surface area contributed by atoms with Gasteiger partial charge in [0, 0.05) is 12.1 Å². The van der Waals surface area contributed by atoms with Crippen molar-refractivity contribution in [2.24, 2.45) is 0 Å². The van der Waals surface area contributed by atoms with Gasteiger partial charge in [-0.25, -0.2) is 0 Å². The molecule has 0 radical (unpaired) electrons. The number of hydrogen-bond donors (Lipinski definition) is 1. The Bertz CT molecular complexity index is 415. The molecular weight excluding hydrogens is 226 g/mol. The molecular formula is C15H23NO2. The van der Waals surface area contributed by atoms with E-state index >= 15 is 0 Å². The molecule has 1 N–H and O–H groups in total. The monoisotopic (exact) mass is 249 g/mol. The van der Waals surface area contributed by atoms with E-state index in [1.165, 1.54) is 5.56 Å². The molecule has 0 aliphatic rings. The summed E-state index contributed by atoms with van der Waals surface area (Å²) in [5.41, 5.74) is 4.06. The Balaban J connectivity index is 2.85. The molecule has 1 aromatic carbocycles. The third-order valence-electron chi connectivity index (χ3n) is 2.95. The van der Waals surface area contributed by atoms with Crippen LogP contribution in [0.5, 0.6) is 0 Å². The first kappa shape index (κ1) is 14.9. The second-order valence-electron chi connectivity index (χ2n) is 5.24. The molecule has 0 heterocycles. The van der Waals surface area contributed by atoms with Gasteiger partial charge in [0.25, 0.3) is 0 Å². The molecule has 0 aliphatic heterocycles. The largest absolute Gasteiger partial charge is 0.392 e. The third kappa shape index (κ3) is 3.93. The maximum Gasteiger partial charge on any atom is 0.177 e. The lowest BCUT2D eigenvalue weighted by Gasteiger charge is -2.19. The molecule has 0 amide bonds. The summed E-state index contributed by atoms with van der Waals surface area (Å²) in [4.78, 5) is 14.1. The molecule has 18 heavy (non-hydrogen) atoms. The molecule has 3 nitrogen and oxygen atoms in total. The molecule has 3 heteroatoms. The molecule has 0 saturated carbocycles. The Kier molecular flexibility index (Phi) is 5.05. The Hall–Kier alpha value is -1.19. The highest BCUT2D eigenvalue weighted by atomic mass is 16.3. The van der Waals surface area contributed by atoms with Gasteiger partial charge in [-0.2, -0.15) is 0 Å². The lowest BCUT2D eigenvalue weighted by molar-refractivity contribution is 0.0900. The van der Waals surface area contributed by atoms with Gasteiger partial charge >= 0.3 is 0 Å². The lowest BCUT2D eigenvalue weighted by Crippen LogP contribution is -2.32. The average molecular weight is 249 g/mol. The standard InChI is InChI=1S/C15H23NO2/c1-10-6-11(2)15(12(3)7-10)14(18)9-16(5)8-13(4)17/h6-7,13,17H,8-9H2,1-5H3. The quantitative estimate of drug-likeness (QED) is 0.813. The number of aryl methyl sites for hydroxylation is 3. The summed E-state index contributed by atoms with van der Waals surface area (Å²) in [6, 6.07) is 4.07. The van der Waals surface area contributed by atoms with Gasteiger partial charge < -0.3 is 5.11 Å². The van der Waals surface area contributed by atoms with Gasteiger partial charge in [-0.3, -0.25) is 9.69 Å². The van der Waals surface area contributed by atoms with Crippen LogP contribution in [0.1, 0.15) is 34.0 Å². The zero-order chi connectivity index (χ0) is 13.9. The van der Waals surface area contributed by atoms with Crippen LogP contribution in [0, 0.1) is 20.8 Å². The smallest absolute Gasteiger partial charge is 0.177 e. The van der Waals surface area contributed by atoms with Gasteiger partial charge in [0.05, 0.1) is 12.6 Å². The predicted molar refractivity (Wildman–Crippen MR) is 74.2 cm³/mol. The first-order chi connectivity index (χ1) is 8.31. The molecule has 1 atom stereocenters. The van der Waals surface area contributed by atoms with Crippen LogP contribution in [0.2, 0.25) is 0 Å². The minimum absolute atomic E-state index is 0.119. The van der Waals surface area contributed by atoms with Crippen molar-refractivity contribution in [2.75, 3.05) is 20.1 Å². The minimum atomic E-state index is -0.414. The summed E-state index contributed by atoms with van der Waals surface area (Å²) < 4.78 is 0. The van der Waals surface area contributed by atoms with Gasteiger partial charge in [0.1, 0.15) is 0 Å². The van der Waals surface area contributed by atoms with Crippen LogP contribution in [0.3, 0.4) is 0 Å². The van der Waals surface area contributed by atoms with Gasteiger partial charge in [-0.15, -0.1) is 0 Å². The van der Waals surface area contributed by atoms with Gasteiger partial charge in [-0.05, 0) is 45.9 Å². The first-order valence-electron chi connectivity index (χ1n) is 6.29. The SMILES string of the molecule is Cc1cc(C)c(C(=O)CN(C)CC(C)O)c(C)c1. The van der Waals surface area contributed by atoms with E-state index in [1.807, 2.05) is 44.9 Å². The normalized spacial score (nSPS) is 12.8. The van der Waals surface area contributed by atoms with E-state index in [4.69, 9.17) is 0 Å². The van der Waals surface area contributed by atoms with Crippen LogP contribution < -0.4 is 0 Å². The van der Waals surface area contributed by atoms with Gasteiger partial charge in [0.2, 0.25) is 0 Å². The van der Waals surface area contributed by atoms with Crippen molar-refractivity contribution in [1.29, 1.82) is 0 Å². The summed E-state index contributed by atoms with van der Waals surface area (Å²) in [5.74, 6) is 0.119. The molecule has 0 bridgehead atoms. The van der Waals surface area contributed by atoms with Gasteiger partial charge in [-0.1, -0.05) is 17.7 Å². The zero-order valence-corrected chi connectivity index (χ0v) is 11.9. The second-order valence-corrected chi connectivity index (χ2v) is 5.24. The summed E-state index contributed by atoms with van der Waals surface area (Å²) in [7, 11) is 1.85. The Morgan fingerprint density at radius 3 is 2.22 bits per heavy atom. The molecule has 100 valence electrons. The molecule has 0 spiro atoms. The highest BCUT2D eigenvalue weighted by Gasteiger charge is 2.15. The van der Waals surface area contributed by atoms with Crippen molar-refractivity contribution in [3.05, 3.63) is 34.4 Å². The fourth-order valence-corrected chi connectivity index (χ4v) is 2.46. The van der Waals surface area contributed by atoms with E-state index < -0.39 is 6.10 Å². The average Bonchev–Trinajstić information content (AvgIpc) is 2.12. The number of carbonyl (C=O) groups is 1. The second kappa shape index (κ2) is 6.12. The fourth-order valence-electron chi connectivity index (χ4n) is 2.46. The van der Waals surface area contributed by atoms with E-state index in [0.29, 0.717) is 13.1 Å². The summed E-state index contributed by atoms with van der Waals surface area (Å²) >= 11 is 0. The maximum atomic E-state index is 12.3.